The summed E-state index contributed by atoms with van der Waals surface area (Å²) < 4.78 is 19.1. The van der Waals surface area contributed by atoms with E-state index in [1.165, 1.54) is 11.0 Å². The van der Waals surface area contributed by atoms with Gasteiger partial charge in [0.05, 0.1) is 12.5 Å². The van der Waals surface area contributed by atoms with Crippen molar-refractivity contribution in [1.29, 1.82) is 0 Å². The number of carbonyl (C=O) groups excluding carboxylic acids is 3. The van der Waals surface area contributed by atoms with E-state index in [1.54, 1.807) is 49.6 Å². The van der Waals surface area contributed by atoms with Crippen LogP contribution in [-0.4, -0.2) is 35.8 Å². The lowest BCUT2D eigenvalue weighted by molar-refractivity contribution is -0.143. The fourth-order valence-corrected chi connectivity index (χ4v) is 4.84. The van der Waals surface area contributed by atoms with E-state index in [1.807, 2.05) is 0 Å². The van der Waals surface area contributed by atoms with Gasteiger partial charge in [-0.2, -0.15) is 0 Å². The van der Waals surface area contributed by atoms with Crippen LogP contribution >= 0.6 is 0 Å². The van der Waals surface area contributed by atoms with Crippen molar-refractivity contribution in [2.75, 3.05) is 7.11 Å². The molecule has 1 saturated carbocycles. The lowest BCUT2D eigenvalue weighted by Gasteiger charge is -2.29. The number of hydrogen-bond donors (Lipinski definition) is 1. The maximum atomic E-state index is 13.9. The molecule has 2 aliphatic rings. The average Bonchev–Trinajstić information content (AvgIpc) is 3.40. The van der Waals surface area contributed by atoms with Gasteiger partial charge in [-0.1, -0.05) is 43.2 Å². The Bertz CT molecular complexity index is 1020. The molecule has 0 radical (unpaired) electrons. The standard InChI is InChI=1S/C25H27FN2O4/c1-32-20-12-10-18(11-13-20)25(14-22(29)27-16-17-6-2-5-9-21(17)26)15-23(30)28(24(25)31)19-7-3-4-8-19/h2,5-6,9-13,19H,3-4,7-8,14-16H2,1H3,(H,27,29). The first-order chi connectivity index (χ1) is 15.4. The third-order valence-electron chi connectivity index (χ3n) is 6.58. The zero-order valence-electron chi connectivity index (χ0n) is 18.1. The van der Waals surface area contributed by atoms with E-state index in [0.29, 0.717) is 16.9 Å². The van der Waals surface area contributed by atoms with Crippen molar-refractivity contribution >= 4 is 17.7 Å². The minimum absolute atomic E-state index is 0.0126. The van der Waals surface area contributed by atoms with Gasteiger partial charge in [-0.05, 0) is 36.6 Å². The van der Waals surface area contributed by atoms with Gasteiger partial charge in [0.25, 0.3) is 0 Å². The number of imide groups is 1. The van der Waals surface area contributed by atoms with E-state index in [-0.39, 0.29) is 37.2 Å². The Kier molecular flexibility index (Phi) is 6.26. The molecule has 2 fully saturated rings. The maximum absolute atomic E-state index is 13.9. The fourth-order valence-electron chi connectivity index (χ4n) is 4.84. The molecule has 2 aromatic carbocycles. The highest BCUT2D eigenvalue weighted by atomic mass is 19.1. The Labute approximate surface area is 186 Å². The van der Waals surface area contributed by atoms with Crippen LogP contribution in [0.1, 0.15) is 49.7 Å². The number of nitrogens with one attached hydrogen (secondary N) is 1. The summed E-state index contributed by atoms with van der Waals surface area (Å²) in [5.74, 6) is -0.742. The number of carbonyl (C=O) groups is 3. The highest BCUT2D eigenvalue weighted by Crippen LogP contribution is 2.43. The normalized spacial score (nSPS) is 21.2. The van der Waals surface area contributed by atoms with Crippen LogP contribution in [0.3, 0.4) is 0 Å². The number of methoxy groups -OCH3 is 1. The number of rotatable bonds is 7. The van der Waals surface area contributed by atoms with Gasteiger partial charge in [-0.15, -0.1) is 0 Å². The van der Waals surface area contributed by atoms with Crippen LogP contribution in [0.15, 0.2) is 48.5 Å². The van der Waals surface area contributed by atoms with Crippen LogP contribution in [-0.2, 0) is 26.3 Å². The first-order valence-electron chi connectivity index (χ1n) is 11.0. The summed E-state index contributed by atoms with van der Waals surface area (Å²) in [7, 11) is 1.55. The van der Waals surface area contributed by atoms with E-state index >= 15 is 0 Å². The molecule has 1 atom stereocenters. The van der Waals surface area contributed by atoms with Crippen LogP contribution in [0.2, 0.25) is 0 Å². The minimum atomic E-state index is -1.27. The molecule has 4 rings (SSSR count). The number of likely N-dealkylation sites (tertiary alicyclic amines) is 1. The monoisotopic (exact) mass is 438 g/mol. The fraction of sp³-hybridized carbons (Fsp3) is 0.400. The van der Waals surface area contributed by atoms with Crippen molar-refractivity contribution in [3.8, 4) is 5.75 Å². The Hall–Kier alpha value is -3.22. The quantitative estimate of drug-likeness (QED) is 0.672. The number of amides is 3. The highest BCUT2D eigenvalue weighted by Gasteiger charge is 2.55. The summed E-state index contributed by atoms with van der Waals surface area (Å²) in [6.45, 7) is 0.0126. The second-order valence-corrected chi connectivity index (χ2v) is 8.54. The zero-order chi connectivity index (χ0) is 22.7. The van der Waals surface area contributed by atoms with E-state index in [9.17, 15) is 18.8 Å². The second-order valence-electron chi connectivity index (χ2n) is 8.54. The van der Waals surface area contributed by atoms with Crippen LogP contribution in [0.4, 0.5) is 4.39 Å². The molecule has 0 aromatic heterocycles. The Morgan fingerprint density at radius 2 is 1.81 bits per heavy atom. The van der Waals surface area contributed by atoms with Crippen molar-refractivity contribution in [3.05, 3.63) is 65.5 Å². The SMILES string of the molecule is COc1ccc(C2(CC(=O)NCc3ccccc3F)CC(=O)N(C3CCCC3)C2=O)cc1. The van der Waals surface area contributed by atoms with Gasteiger partial charge in [0.15, 0.2) is 0 Å². The number of hydrogen-bond acceptors (Lipinski definition) is 4. The molecule has 1 N–H and O–H groups in total. The topological polar surface area (TPSA) is 75.7 Å². The number of halogens is 1. The Morgan fingerprint density at radius 3 is 2.47 bits per heavy atom. The van der Waals surface area contributed by atoms with Crippen molar-refractivity contribution in [1.82, 2.24) is 10.2 Å². The molecule has 1 aliphatic carbocycles. The summed E-state index contributed by atoms with van der Waals surface area (Å²) in [5.41, 5.74) is -0.301. The number of ether oxygens (including phenoxy) is 1. The van der Waals surface area contributed by atoms with Gasteiger partial charge >= 0.3 is 0 Å². The molecule has 32 heavy (non-hydrogen) atoms. The molecule has 0 spiro atoms. The van der Waals surface area contributed by atoms with Crippen molar-refractivity contribution in [2.24, 2.45) is 0 Å². The number of nitrogens with zero attached hydrogens (tertiary/aromatic N) is 1. The van der Waals surface area contributed by atoms with Crippen LogP contribution in [0.25, 0.3) is 0 Å². The molecule has 1 heterocycles. The summed E-state index contributed by atoms with van der Waals surface area (Å²) in [6.07, 6.45) is 3.34. The Morgan fingerprint density at radius 1 is 1.12 bits per heavy atom. The van der Waals surface area contributed by atoms with E-state index in [4.69, 9.17) is 4.74 Å². The largest absolute Gasteiger partial charge is 0.497 e. The highest BCUT2D eigenvalue weighted by molar-refractivity contribution is 6.11. The predicted molar refractivity (Wildman–Crippen MR) is 116 cm³/mol. The van der Waals surface area contributed by atoms with Gasteiger partial charge in [0, 0.05) is 31.0 Å². The van der Waals surface area contributed by atoms with Gasteiger partial charge in [0.2, 0.25) is 17.7 Å². The first kappa shape index (κ1) is 22.0. The minimum Gasteiger partial charge on any atom is -0.497 e. The maximum Gasteiger partial charge on any atom is 0.241 e. The third kappa shape index (κ3) is 4.11. The molecule has 6 nitrogen and oxygen atoms in total. The van der Waals surface area contributed by atoms with E-state index < -0.39 is 17.1 Å². The molecule has 1 saturated heterocycles. The van der Waals surface area contributed by atoms with Gasteiger partial charge in [-0.25, -0.2) is 4.39 Å². The van der Waals surface area contributed by atoms with Gasteiger partial charge < -0.3 is 10.1 Å². The molecule has 3 amide bonds. The first-order valence-corrected chi connectivity index (χ1v) is 11.0. The van der Waals surface area contributed by atoms with E-state index in [0.717, 1.165) is 25.7 Å². The van der Waals surface area contributed by atoms with E-state index in [2.05, 4.69) is 5.32 Å². The molecule has 1 unspecified atom stereocenters. The summed E-state index contributed by atoms with van der Waals surface area (Å²) >= 11 is 0. The molecule has 1 aliphatic heterocycles. The van der Waals surface area contributed by atoms with Crippen LogP contribution in [0.5, 0.6) is 5.75 Å². The summed E-state index contributed by atoms with van der Waals surface area (Å²) in [5, 5.41) is 2.72. The third-order valence-corrected chi connectivity index (χ3v) is 6.58. The number of benzene rings is 2. The molecular formula is C25H27FN2O4. The van der Waals surface area contributed by atoms with Crippen molar-refractivity contribution < 1.29 is 23.5 Å². The Balaban J connectivity index is 1.60. The summed E-state index contributed by atoms with van der Waals surface area (Å²) in [6, 6.07) is 13.0. The summed E-state index contributed by atoms with van der Waals surface area (Å²) in [4.78, 5) is 41.0. The lowest BCUT2D eigenvalue weighted by Crippen LogP contribution is -2.45. The molecule has 2 aromatic rings. The molecule has 168 valence electrons. The van der Waals surface area contributed by atoms with Crippen molar-refractivity contribution in [2.45, 2.75) is 56.5 Å². The van der Waals surface area contributed by atoms with Gasteiger partial charge in [-0.3, -0.25) is 19.3 Å². The van der Waals surface area contributed by atoms with Gasteiger partial charge in [0.1, 0.15) is 11.6 Å². The lowest BCUT2D eigenvalue weighted by atomic mass is 9.75. The molecule has 0 bridgehead atoms. The van der Waals surface area contributed by atoms with Crippen molar-refractivity contribution in [3.63, 3.8) is 0 Å². The molecular weight excluding hydrogens is 411 g/mol. The second kappa shape index (κ2) is 9.10. The smallest absolute Gasteiger partial charge is 0.241 e. The average molecular weight is 438 g/mol. The zero-order valence-corrected chi connectivity index (χ0v) is 18.1. The predicted octanol–water partition coefficient (Wildman–Crippen LogP) is 3.48. The van der Waals surface area contributed by atoms with Crippen LogP contribution in [0, 0.1) is 5.82 Å². The van der Waals surface area contributed by atoms with Crippen LogP contribution < -0.4 is 10.1 Å². The molecule has 7 heteroatoms.